The second kappa shape index (κ2) is 13.8. The Morgan fingerprint density at radius 1 is 0.617 bits per heavy atom. The topological polar surface area (TPSA) is 44.2 Å². The molecule has 0 aliphatic rings. The maximum absolute atomic E-state index is 15.0. The van der Waals surface area contributed by atoms with Crippen molar-refractivity contribution in [2.75, 3.05) is 0 Å². The molecule has 0 bridgehead atoms. The molecule has 4 aromatic carbocycles. The molecule has 5 rings (SSSR count). The first-order valence-corrected chi connectivity index (χ1v) is 14.5. The Labute approximate surface area is 264 Å². The molecule has 12 heteroatoms. The Bertz CT molecular complexity index is 1840. The lowest BCUT2D eigenvalue weighted by Gasteiger charge is -2.19. The van der Waals surface area contributed by atoms with Crippen molar-refractivity contribution in [3.8, 4) is 45.1 Å². The minimum absolute atomic E-state index is 0.0319. The van der Waals surface area contributed by atoms with Crippen LogP contribution in [-0.4, -0.2) is 16.3 Å². The molecule has 244 valence electrons. The standard InChI is InChI=1S/C35H26F8N2O2/c1-2-3-4-5-21-19-44-33(45-20-21)25-9-14-28(30(37)18-25)34(39,40)46-26-11-6-22(7-12-26)23-8-13-27(29(36)16-23)24-10-15-32(31(38)17-24)47-35(41,42)43/h6-20H,2-5H2,1H3. The summed E-state index contributed by atoms with van der Waals surface area (Å²) in [6.45, 7) is 2.10. The van der Waals surface area contributed by atoms with Crippen molar-refractivity contribution >= 4 is 0 Å². The van der Waals surface area contributed by atoms with E-state index in [4.69, 9.17) is 4.74 Å². The van der Waals surface area contributed by atoms with Crippen LogP contribution in [0.1, 0.15) is 37.3 Å². The summed E-state index contributed by atoms with van der Waals surface area (Å²) in [6, 6.07) is 14.6. The van der Waals surface area contributed by atoms with Gasteiger partial charge in [0.05, 0.1) is 5.56 Å². The maximum atomic E-state index is 15.0. The quantitative estimate of drug-likeness (QED) is 0.105. The SMILES string of the molecule is CCCCCc1cnc(-c2ccc(C(F)(F)Oc3ccc(-c4ccc(-c5ccc(OC(F)(F)F)c(F)c5)c(F)c4)cc3)c(F)c2)nc1. The van der Waals surface area contributed by atoms with E-state index >= 15 is 8.78 Å². The van der Waals surface area contributed by atoms with Gasteiger partial charge in [0.2, 0.25) is 0 Å². The van der Waals surface area contributed by atoms with Gasteiger partial charge in [-0.3, -0.25) is 0 Å². The maximum Gasteiger partial charge on any atom is 0.573 e. The molecule has 1 aromatic heterocycles. The normalized spacial score (nSPS) is 11.9. The molecular weight excluding hydrogens is 632 g/mol. The van der Waals surface area contributed by atoms with Crippen molar-refractivity contribution in [3.63, 3.8) is 0 Å². The van der Waals surface area contributed by atoms with Gasteiger partial charge in [0.1, 0.15) is 17.4 Å². The molecule has 0 spiro atoms. The van der Waals surface area contributed by atoms with Gasteiger partial charge in [-0.05, 0) is 77.6 Å². The van der Waals surface area contributed by atoms with E-state index in [9.17, 15) is 26.3 Å². The third-order valence-electron chi connectivity index (χ3n) is 7.19. The number of aromatic nitrogens is 2. The first-order chi connectivity index (χ1) is 22.3. The lowest BCUT2D eigenvalue weighted by atomic mass is 9.99. The largest absolute Gasteiger partial charge is 0.573 e. The monoisotopic (exact) mass is 658 g/mol. The summed E-state index contributed by atoms with van der Waals surface area (Å²) >= 11 is 0. The number of rotatable bonds is 11. The zero-order valence-corrected chi connectivity index (χ0v) is 24.7. The number of halogens is 8. The van der Waals surface area contributed by atoms with Gasteiger partial charge in [-0.15, -0.1) is 13.2 Å². The van der Waals surface area contributed by atoms with Crippen molar-refractivity contribution in [2.45, 2.75) is 45.1 Å². The highest BCUT2D eigenvalue weighted by molar-refractivity contribution is 5.72. The zero-order valence-electron chi connectivity index (χ0n) is 24.7. The Hall–Kier alpha value is -5.00. The molecule has 47 heavy (non-hydrogen) atoms. The fraction of sp³-hybridized carbons (Fsp3) is 0.200. The van der Waals surface area contributed by atoms with Crippen LogP contribution in [0.4, 0.5) is 35.1 Å². The van der Waals surface area contributed by atoms with Crippen LogP contribution in [0.3, 0.4) is 0 Å². The first kappa shape index (κ1) is 33.4. The predicted molar refractivity (Wildman–Crippen MR) is 159 cm³/mol. The fourth-order valence-corrected chi connectivity index (χ4v) is 4.83. The van der Waals surface area contributed by atoms with Gasteiger partial charge in [-0.1, -0.05) is 56.2 Å². The average Bonchev–Trinajstić information content (AvgIpc) is 3.02. The van der Waals surface area contributed by atoms with E-state index in [0.29, 0.717) is 17.2 Å². The summed E-state index contributed by atoms with van der Waals surface area (Å²) in [5.74, 6) is -4.51. The van der Waals surface area contributed by atoms with Gasteiger partial charge in [0.25, 0.3) is 0 Å². The van der Waals surface area contributed by atoms with Crippen LogP contribution in [0.15, 0.2) is 91.3 Å². The number of benzene rings is 4. The highest BCUT2D eigenvalue weighted by Crippen LogP contribution is 2.36. The molecule has 0 amide bonds. The van der Waals surface area contributed by atoms with Gasteiger partial charge in [0, 0.05) is 23.5 Å². The van der Waals surface area contributed by atoms with Crippen LogP contribution in [0, 0.1) is 17.5 Å². The molecule has 0 fully saturated rings. The number of ether oxygens (including phenoxy) is 2. The molecule has 0 radical (unpaired) electrons. The third-order valence-corrected chi connectivity index (χ3v) is 7.19. The van der Waals surface area contributed by atoms with Crippen LogP contribution >= 0.6 is 0 Å². The van der Waals surface area contributed by atoms with Gasteiger partial charge in [0.15, 0.2) is 17.4 Å². The molecule has 0 atom stereocenters. The lowest BCUT2D eigenvalue weighted by Crippen LogP contribution is -2.23. The van der Waals surface area contributed by atoms with Crippen molar-refractivity contribution < 1.29 is 44.6 Å². The molecule has 5 aromatic rings. The zero-order chi connectivity index (χ0) is 33.8. The van der Waals surface area contributed by atoms with Crippen molar-refractivity contribution in [1.82, 2.24) is 9.97 Å². The van der Waals surface area contributed by atoms with Crippen LogP contribution in [0.5, 0.6) is 11.5 Å². The van der Waals surface area contributed by atoms with Crippen molar-refractivity contribution in [3.05, 3.63) is 120 Å². The second-order valence-corrected chi connectivity index (χ2v) is 10.6. The molecule has 0 unspecified atom stereocenters. The van der Waals surface area contributed by atoms with Gasteiger partial charge < -0.3 is 9.47 Å². The first-order valence-electron chi connectivity index (χ1n) is 14.5. The van der Waals surface area contributed by atoms with E-state index in [-0.39, 0.29) is 28.3 Å². The van der Waals surface area contributed by atoms with Crippen LogP contribution < -0.4 is 9.47 Å². The summed E-state index contributed by atoms with van der Waals surface area (Å²) in [5, 5.41) is 0. The number of hydrogen-bond acceptors (Lipinski definition) is 4. The highest BCUT2D eigenvalue weighted by atomic mass is 19.4. The molecule has 1 heterocycles. The van der Waals surface area contributed by atoms with E-state index in [2.05, 4.69) is 21.6 Å². The molecular formula is C35H26F8N2O2. The lowest BCUT2D eigenvalue weighted by molar-refractivity contribution is -0.275. The van der Waals surface area contributed by atoms with E-state index in [1.165, 1.54) is 42.5 Å². The number of aryl methyl sites for hydroxylation is 1. The number of unbranched alkanes of at least 4 members (excludes halogenated alkanes) is 2. The number of nitrogens with zero attached hydrogens (tertiary/aromatic N) is 2. The molecule has 4 nitrogen and oxygen atoms in total. The number of hydrogen-bond donors (Lipinski definition) is 0. The van der Waals surface area contributed by atoms with Gasteiger partial charge >= 0.3 is 12.5 Å². The van der Waals surface area contributed by atoms with Crippen LogP contribution in [0.2, 0.25) is 0 Å². The smallest absolute Gasteiger partial charge is 0.429 e. The molecule has 0 saturated carbocycles. The van der Waals surface area contributed by atoms with Crippen LogP contribution in [-0.2, 0) is 12.5 Å². The summed E-state index contributed by atoms with van der Waals surface area (Å²) in [4.78, 5) is 8.46. The van der Waals surface area contributed by atoms with E-state index in [0.717, 1.165) is 61.6 Å². The Balaban J connectivity index is 1.26. The molecule has 0 saturated heterocycles. The predicted octanol–water partition coefficient (Wildman–Crippen LogP) is 10.7. The number of alkyl halides is 5. The van der Waals surface area contributed by atoms with E-state index in [1.807, 2.05) is 0 Å². The summed E-state index contributed by atoms with van der Waals surface area (Å²) in [5.41, 5.74) is 0.755. The van der Waals surface area contributed by atoms with E-state index < -0.39 is 41.2 Å². The molecule has 0 aliphatic carbocycles. The van der Waals surface area contributed by atoms with E-state index in [1.54, 1.807) is 12.4 Å². The molecule has 0 N–H and O–H groups in total. The average molecular weight is 659 g/mol. The minimum atomic E-state index is -5.09. The Kier molecular flexibility index (Phi) is 9.78. The second-order valence-electron chi connectivity index (χ2n) is 10.6. The Morgan fingerprint density at radius 3 is 1.85 bits per heavy atom. The van der Waals surface area contributed by atoms with Gasteiger partial charge in [-0.2, -0.15) is 8.78 Å². The van der Waals surface area contributed by atoms with Crippen molar-refractivity contribution in [2.24, 2.45) is 0 Å². The molecule has 0 aliphatic heterocycles. The summed E-state index contributed by atoms with van der Waals surface area (Å²) in [7, 11) is 0. The minimum Gasteiger partial charge on any atom is -0.429 e. The Morgan fingerprint density at radius 2 is 1.23 bits per heavy atom. The van der Waals surface area contributed by atoms with Gasteiger partial charge in [-0.25, -0.2) is 23.1 Å². The fourth-order valence-electron chi connectivity index (χ4n) is 4.83. The highest BCUT2D eigenvalue weighted by Gasteiger charge is 2.38. The van der Waals surface area contributed by atoms with Crippen LogP contribution in [0.25, 0.3) is 33.6 Å². The summed E-state index contributed by atoms with van der Waals surface area (Å²) < 4.78 is 120. The summed E-state index contributed by atoms with van der Waals surface area (Å²) in [6.07, 6.45) is -1.93. The van der Waals surface area contributed by atoms with Crippen molar-refractivity contribution in [1.29, 1.82) is 0 Å². The third kappa shape index (κ3) is 8.24.